The van der Waals surface area contributed by atoms with Gasteiger partial charge in [0.15, 0.2) is 0 Å². The van der Waals surface area contributed by atoms with Crippen molar-refractivity contribution in [3.63, 3.8) is 0 Å². The summed E-state index contributed by atoms with van der Waals surface area (Å²) in [6.07, 6.45) is 7.34. The van der Waals surface area contributed by atoms with Crippen LogP contribution < -0.4 is 21.5 Å². The van der Waals surface area contributed by atoms with E-state index < -0.39 is 0 Å². The molecule has 0 amide bonds. The number of nitrogens with zero attached hydrogens (tertiary/aromatic N) is 4. The summed E-state index contributed by atoms with van der Waals surface area (Å²) in [6, 6.07) is 0.486. The van der Waals surface area contributed by atoms with Crippen LogP contribution in [-0.4, -0.2) is 34.1 Å². The standard InChI is InChI=1S/C12H21N7/c13-18-11-15-10(14-9-5-1-2-6-9)16-12(17-11)19-7-3-4-8-19/h9H,1-8,13H2,(H2,14,15,16,17,18). The molecule has 1 aliphatic carbocycles. The summed E-state index contributed by atoms with van der Waals surface area (Å²) in [6.45, 7) is 2.02. The highest BCUT2D eigenvalue weighted by molar-refractivity contribution is 5.44. The van der Waals surface area contributed by atoms with Gasteiger partial charge < -0.3 is 10.2 Å². The van der Waals surface area contributed by atoms with Crippen molar-refractivity contribution in [3.05, 3.63) is 0 Å². The summed E-state index contributed by atoms with van der Waals surface area (Å²) < 4.78 is 0. The van der Waals surface area contributed by atoms with Gasteiger partial charge in [-0.2, -0.15) is 15.0 Å². The highest BCUT2D eigenvalue weighted by atomic mass is 15.4. The van der Waals surface area contributed by atoms with Crippen LogP contribution in [0.15, 0.2) is 0 Å². The number of hydrogen-bond acceptors (Lipinski definition) is 7. The number of nitrogen functional groups attached to an aromatic ring is 1. The van der Waals surface area contributed by atoms with Crippen LogP contribution in [0.25, 0.3) is 0 Å². The van der Waals surface area contributed by atoms with Crippen molar-refractivity contribution in [3.8, 4) is 0 Å². The Balaban J connectivity index is 1.79. The van der Waals surface area contributed by atoms with E-state index in [0.29, 0.717) is 17.9 Å². The van der Waals surface area contributed by atoms with Crippen LogP contribution in [-0.2, 0) is 0 Å². The number of anilines is 3. The van der Waals surface area contributed by atoms with Crippen LogP contribution >= 0.6 is 0 Å². The molecule has 1 saturated carbocycles. The highest BCUT2D eigenvalue weighted by Crippen LogP contribution is 2.23. The van der Waals surface area contributed by atoms with Gasteiger partial charge in [0, 0.05) is 19.1 Å². The second-order valence-electron chi connectivity index (χ2n) is 5.25. The lowest BCUT2D eigenvalue weighted by Gasteiger charge is -2.18. The normalized spacial score (nSPS) is 19.9. The largest absolute Gasteiger partial charge is 0.351 e. The van der Waals surface area contributed by atoms with E-state index in [0.717, 1.165) is 19.0 Å². The van der Waals surface area contributed by atoms with Crippen molar-refractivity contribution in [2.45, 2.75) is 44.6 Å². The van der Waals surface area contributed by atoms with Gasteiger partial charge in [-0.05, 0) is 25.7 Å². The zero-order valence-electron chi connectivity index (χ0n) is 11.1. The van der Waals surface area contributed by atoms with Gasteiger partial charge in [-0.3, -0.25) is 5.43 Å². The third kappa shape index (κ3) is 2.86. The van der Waals surface area contributed by atoms with E-state index in [9.17, 15) is 0 Å². The average Bonchev–Trinajstić information content (AvgIpc) is 3.11. The van der Waals surface area contributed by atoms with Crippen LogP contribution in [0.2, 0.25) is 0 Å². The molecule has 3 rings (SSSR count). The minimum absolute atomic E-state index is 0.428. The molecule has 104 valence electrons. The third-order valence-corrected chi connectivity index (χ3v) is 3.83. The van der Waals surface area contributed by atoms with E-state index in [1.54, 1.807) is 0 Å². The molecule has 7 nitrogen and oxygen atoms in total. The fraction of sp³-hybridized carbons (Fsp3) is 0.750. The zero-order valence-corrected chi connectivity index (χ0v) is 11.1. The Morgan fingerprint density at radius 2 is 1.63 bits per heavy atom. The fourth-order valence-electron chi connectivity index (χ4n) is 2.81. The Labute approximate surface area is 113 Å². The smallest absolute Gasteiger partial charge is 0.243 e. The molecule has 0 unspecified atom stereocenters. The Morgan fingerprint density at radius 3 is 2.32 bits per heavy atom. The maximum absolute atomic E-state index is 5.45. The molecule has 0 radical (unpaired) electrons. The first-order valence-corrected chi connectivity index (χ1v) is 7.09. The van der Waals surface area contributed by atoms with Crippen molar-refractivity contribution in [1.29, 1.82) is 0 Å². The summed E-state index contributed by atoms with van der Waals surface area (Å²) in [5, 5.41) is 3.39. The van der Waals surface area contributed by atoms with Gasteiger partial charge in [0.25, 0.3) is 0 Å². The molecule has 1 aromatic heterocycles. The van der Waals surface area contributed by atoms with E-state index in [1.165, 1.54) is 38.5 Å². The van der Waals surface area contributed by atoms with E-state index in [1.807, 2.05) is 0 Å². The molecule has 1 aliphatic heterocycles. The van der Waals surface area contributed by atoms with Gasteiger partial charge >= 0.3 is 0 Å². The van der Waals surface area contributed by atoms with E-state index >= 15 is 0 Å². The van der Waals surface area contributed by atoms with Crippen molar-refractivity contribution in [2.75, 3.05) is 28.7 Å². The summed E-state index contributed by atoms with van der Waals surface area (Å²) in [7, 11) is 0. The molecule has 0 bridgehead atoms. The van der Waals surface area contributed by atoms with Gasteiger partial charge in [-0.15, -0.1) is 0 Å². The quantitative estimate of drug-likeness (QED) is 0.553. The molecule has 2 aliphatic rings. The van der Waals surface area contributed by atoms with E-state index in [4.69, 9.17) is 5.84 Å². The average molecular weight is 263 g/mol. The van der Waals surface area contributed by atoms with Crippen LogP contribution in [0.5, 0.6) is 0 Å². The summed E-state index contributed by atoms with van der Waals surface area (Å²) in [5.41, 5.74) is 2.53. The lowest BCUT2D eigenvalue weighted by molar-refractivity contribution is 0.740. The van der Waals surface area contributed by atoms with Crippen LogP contribution in [0.4, 0.5) is 17.8 Å². The Kier molecular flexibility index (Phi) is 3.63. The molecular formula is C12H21N7. The molecule has 2 fully saturated rings. The summed E-state index contributed by atoms with van der Waals surface area (Å²) in [4.78, 5) is 15.3. The second kappa shape index (κ2) is 5.56. The molecule has 1 saturated heterocycles. The predicted molar refractivity (Wildman–Crippen MR) is 75.0 cm³/mol. The van der Waals surface area contributed by atoms with Crippen molar-refractivity contribution < 1.29 is 0 Å². The maximum Gasteiger partial charge on any atom is 0.243 e. The third-order valence-electron chi connectivity index (χ3n) is 3.83. The predicted octanol–water partition coefficient (Wildman–Crippen LogP) is 1.11. The monoisotopic (exact) mass is 263 g/mol. The summed E-state index contributed by atoms with van der Waals surface area (Å²) in [5.74, 6) is 7.23. The lowest BCUT2D eigenvalue weighted by Crippen LogP contribution is -2.24. The first kappa shape index (κ1) is 12.4. The highest BCUT2D eigenvalue weighted by Gasteiger charge is 2.20. The first-order valence-electron chi connectivity index (χ1n) is 7.09. The Bertz CT molecular complexity index is 424. The van der Waals surface area contributed by atoms with Gasteiger partial charge in [0.1, 0.15) is 0 Å². The second-order valence-corrected chi connectivity index (χ2v) is 5.25. The lowest BCUT2D eigenvalue weighted by atomic mass is 10.3. The number of rotatable bonds is 4. The van der Waals surface area contributed by atoms with Gasteiger partial charge in [0.05, 0.1) is 0 Å². The van der Waals surface area contributed by atoms with Gasteiger partial charge in [-0.1, -0.05) is 12.8 Å². The minimum Gasteiger partial charge on any atom is -0.351 e. The maximum atomic E-state index is 5.45. The number of hydrazine groups is 1. The van der Waals surface area contributed by atoms with Crippen molar-refractivity contribution in [1.82, 2.24) is 15.0 Å². The minimum atomic E-state index is 0.428. The molecule has 4 N–H and O–H groups in total. The number of aromatic nitrogens is 3. The van der Waals surface area contributed by atoms with Gasteiger partial charge in [0.2, 0.25) is 17.8 Å². The van der Waals surface area contributed by atoms with E-state index in [-0.39, 0.29) is 0 Å². The topological polar surface area (TPSA) is 92.0 Å². The molecule has 2 heterocycles. The zero-order chi connectivity index (χ0) is 13.1. The Morgan fingerprint density at radius 1 is 0.947 bits per heavy atom. The van der Waals surface area contributed by atoms with Crippen LogP contribution in [0.3, 0.4) is 0 Å². The molecule has 0 atom stereocenters. The van der Waals surface area contributed by atoms with Crippen LogP contribution in [0, 0.1) is 0 Å². The number of nitrogens with two attached hydrogens (primary N) is 1. The Hall–Kier alpha value is -1.63. The van der Waals surface area contributed by atoms with Crippen molar-refractivity contribution >= 4 is 17.8 Å². The van der Waals surface area contributed by atoms with E-state index in [2.05, 4.69) is 30.6 Å². The molecule has 0 spiro atoms. The number of nitrogens with one attached hydrogen (secondary N) is 2. The van der Waals surface area contributed by atoms with Crippen LogP contribution in [0.1, 0.15) is 38.5 Å². The molecule has 19 heavy (non-hydrogen) atoms. The molecular weight excluding hydrogens is 242 g/mol. The number of hydrogen-bond donors (Lipinski definition) is 3. The summed E-state index contributed by atoms with van der Waals surface area (Å²) >= 11 is 0. The van der Waals surface area contributed by atoms with Gasteiger partial charge in [-0.25, -0.2) is 5.84 Å². The fourth-order valence-corrected chi connectivity index (χ4v) is 2.81. The SMILES string of the molecule is NNc1nc(NC2CCCC2)nc(N2CCCC2)n1. The molecule has 7 heteroatoms. The first-order chi connectivity index (χ1) is 9.35. The van der Waals surface area contributed by atoms with Crippen molar-refractivity contribution in [2.24, 2.45) is 5.84 Å². The molecule has 1 aromatic rings. The molecule has 0 aromatic carbocycles.